The number of hydrogen-bond acceptors (Lipinski definition) is 4. The van der Waals surface area contributed by atoms with Crippen molar-refractivity contribution in [3.05, 3.63) is 41.5 Å². The second-order valence-electron chi connectivity index (χ2n) is 6.66. The van der Waals surface area contributed by atoms with Crippen molar-refractivity contribution in [3.8, 4) is 11.5 Å². The van der Waals surface area contributed by atoms with Crippen LogP contribution in [0.15, 0.2) is 24.4 Å². The second kappa shape index (κ2) is 7.26. The second-order valence-corrected chi connectivity index (χ2v) is 11.4. The van der Waals surface area contributed by atoms with Gasteiger partial charge in [0.15, 0.2) is 0 Å². The monoisotopic (exact) mass is 349 g/mol. The van der Waals surface area contributed by atoms with Crippen LogP contribution in [0.2, 0.25) is 19.6 Å². The molecule has 0 aliphatic carbocycles. The van der Waals surface area contributed by atoms with Crippen LogP contribution in [0, 0.1) is 11.5 Å². The van der Waals surface area contributed by atoms with Gasteiger partial charge in [-0.3, -0.25) is 0 Å². The van der Waals surface area contributed by atoms with E-state index in [0.717, 1.165) is 17.1 Å². The van der Waals surface area contributed by atoms with Gasteiger partial charge in [-0.05, 0) is 19.1 Å². The van der Waals surface area contributed by atoms with Crippen molar-refractivity contribution in [1.29, 1.82) is 0 Å². The largest absolute Gasteiger partial charge is 0.329 e. The van der Waals surface area contributed by atoms with E-state index in [0.29, 0.717) is 6.54 Å². The quantitative estimate of drug-likeness (QED) is 0.680. The molecule has 2 N–H and O–H groups in total. The normalized spacial score (nSPS) is 13.5. The summed E-state index contributed by atoms with van der Waals surface area (Å²) >= 11 is 0. The predicted octanol–water partition coefficient (Wildman–Crippen LogP) is 2.13. The van der Waals surface area contributed by atoms with Gasteiger partial charge in [0.05, 0.1) is 23.0 Å². The Morgan fingerprint density at radius 3 is 2.48 bits per heavy atom. The molecule has 7 heteroatoms. The van der Waals surface area contributed by atoms with Crippen LogP contribution in [0.4, 0.5) is 0 Å². The first-order chi connectivity index (χ1) is 10.2. The first-order valence-corrected chi connectivity index (χ1v) is 10.8. The van der Waals surface area contributed by atoms with Gasteiger partial charge in [0.25, 0.3) is 0 Å². The fourth-order valence-corrected chi connectivity index (χ4v) is 2.51. The summed E-state index contributed by atoms with van der Waals surface area (Å²) < 4.78 is 0. The molecule has 0 radical (unpaired) electrons. The molecule has 0 bridgehead atoms. The Balaban J connectivity index is 0.00000264. The van der Waals surface area contributed by atoms with Crippen LogP contribution in [0.25, 0.3) is 0 Å². The van der Waals surface area contributed by atoms with Crippen LogP contribution in [-0.4, -0.2) is 34.6 Å². The van der Waals surface area contributed by atoms with Gasteiger partial charge in [-0.2, -0.15) is 15.0 Å². The first-order valence-electron chi connectivity index (χ1n) is 7.32. The number of halogens is 1. The standard InChI is InChI=1S/C16H23N5Si.ClH/c1-16(12-17,15-11-18-21(2)20-15)14-8-6-7-13(19-14)9-10-22(3,4)5;/h6-8,11H,12,17H2,1-5H3;1H. The van der Waals surface area contributed by atoms with E-state index in [1.54, 1.807) is 13.2 Å². The van der Waals surface area contributed by atoms with Gasteiger partial charge < -0.3 is 5.73 Å². The summed E-state index contributed by atoms with van der Waals surface area (Å²) in [5, 5.41) is 8.55. The van der Waals surface area contributed by atoms with Crippen molar-refractivity contribution in [2.45, 2.75) is 32.0 Å². The highest BCUT2D eigenvalue weighted by molar-refractivity contribution is 6.83. The molecule has 0 aliphatic heterocycles. The highest BCUT2D eigenvalue weighted by Gasteiger charge is 2.32. The average molecular weight is 350 g/mol. The number of rotatable bonds is 3. The van der Waals surface area contributed by atoms with Crippen LogP contribution in [-0.2, 0) is 12.5 Å². The number of aromatic nitrogens is 4. The summed E-state index contributed by atoms with van der Waals surface area (Å²) in [5.74, 6) is 3.20. The number of hydrogen-bond donors (Lipinski definition) is 1. The zero-order valence-corrected chi connectivity index (χ0v) is 16.1. The molecule has 2 aromatic rings. The lowest BCUT2D eigenvalue weighted by Gasteiger charge is -2.25. The van der Waals surface area contributed by atoms with E-state index in [9.17, 15) is 0 Å². The molecule has 1 unspecified atom stereocenters. The summed E-state index contributed by atoms with van der Waals surface area (Å²) in [6, 6.07) is 5.88. The highest BCUT2D eigenvalue weighted by atomic mass is 35.5. The van der Waals surface area contributed by atoms with Crippen molar-refractivity contribution in [1.82, 2.24) is 20.0 Å². The Labute approximate surface area is 145 Å². The molecule has 0 saturated carbocycles. The highest BCUT2D eigenvalue weighted by Crippen LogP contribution is 2.27. The lowest BCUT2D eigenvalue weighted by molar-refractivity contribution is 0.530. The summed E-state index contributed by atoms with van der Waals surface area (Å²) in [6.45, 7) is 9.09. The molecule has 124 valence electrons. The van der Waals surface area contributed by atoms with Gasteiger partial charge >= 0.3 is 0 Å². The van der Waals surface area contributed by atoms with Crippen molar-refractivity contribution in [2.24, 2.45) is 12.8 Å². The number of nitrogens with two attached hydrogens (primary N) is 1. The lowest BCUT2D eigenvalue weighted by atomic mass is 9.83. The van der Waals surface area contributed by atoms with Crippen molar-refractivity contribution < 1.29 is 0 Å². The van der Waals surface area contributed by atoms with Gasteiger partial charge in [0, 0.05) is 13.6 Å². The Bertz CT molecular complexity index is 726. The zero-order chi connectivity index (χ0) is 16.4. The van der Waals surface area contributed by atoms with Crippen molar-refractivity contribution in [3.63, 3.8) is 0 Å². The van der Waals surface area contributed by atoms with Gasteiger partial charge in [-0.25, -0.2) is 4.98 Å². The smallest absolute Gasteiger partial charge is 0.129 e. The number of nitrogens with zero attached hydrogens (tertiary/aromatic N) is 4. The van der Waals surface area contributed by atoms with E-state index in [2.05, 4.69) is 41.3 Å². The molecule has 0 spiro atoms. The molecule has 0 amide bonds. The predicted molar refractivity (Wildman–Crippen MR) is 98.2 cm³/mol. The fourth-order valence-electron chi connectivity index (χ4n) is 2.00. The minimum absolute atomic E-state index is 0. The molecular weight excluding hydrogens is 326 g/mol. The van der Waals surface area contributed by atoms with E-state index in [1.165, 1.54) is 4.80 Å². The molecule has 2 aromatic heterocycles. The fraction of sp³-hybridized carbons (Fsp3) is 0.438. The first kappa shape index (κ1) is 19.4. The third-order valence-corrected chi connectivity index (χ3v) is 4.33. The van der Waals surface area contributed by atoms with E-state index in [4.69, 9.17) is 10.7 Å². The molecule has 0 saturated heterocycles. The molecule has 0 aliphatic rings. The van der Waals surface area contributed by atoms with Crippen molar-refractivity contribution >= 4 is 20.5 Å². The Morgan fingerprint density at radius 2 is 1.96 bits per heavy atom. The van der Waals surface area contributed by atoms with Crippen LogP contribution in [0.1, 0.15) is 24.0 Å². The molecule has 0 aromatic carbocycles. The maximum absolute atomic E-state index is 6.03. The van der Waals surface area contributed by atoms with Crippen LogP contribution in [0.5, 0.6) is 0 Å². The minimum Gasteiger partial charge on any atom is -0.329 e. The topological polar surface area (TPSA) is 69.6 Å². The molecule has 2 heterocycles. The number of pyridine rings is 1. The van der Waals surface area contributed by atoms with Crippen LogP contribution >= 0.6 is 12.4 Å². The molecule has 5 nitrogen and oxygen atoms in total. The Hall–Kier alpha value is -1.68. The van der Waals surface area contributed by atoms with E-state index >= 15 is 0 Å². The maximum Gasteiger partial charge on any atom is 0.129 e. The van der Waals surface area contributed by atoms with Gasteiger partial charge in [0.2, 0.25) is 0 Å². The summed E-state index contributed by atoms with van der Waals surface area (Å²) in [4.78, 5) is 6.24. The Kier molecular flexibility index (Phi) is 6.11. The van der Waals surface area contributed by atoms with E-state index < -0.39 is 13.5 Å². The minimum atomic E-state index is -1.42. The molecule has 0 fully saturated rings. The summed E-state index contributed by atoms with van der Waals surface area (Å²) in [5.41, 5.74) is 11.4. The number of aryl methyl sites for hydroxylation is 1. The zero-order valence-electron chi connectivity index (χ0n) is 14.3. The summed E-state index contributed by atoms with van der Waals surface area (Å²) in [6.07, 6.45) is 1.74. The van der Waals surface area contributed by atoms with Crippen LogP contribution < -0.4 is 5.73 Å². The molecule has 2 rings (SSSR count). The van der Waals surface area contributed by atoms with Crippen molar-refractivity contribution in [2.75, 3.05) is 6.54 Å². The summed E-state index contributed by atoms with van der Waals surface area (Å²) in [7, 11) is 0.372. The lowest BCUT2D eigenvalue weighted by Crippen LogP contribution is -2.34. The Morgan fingerprint density at radius 1 is 1.26 bits per heavy atom. The molecule has 23 heavy (non-hydrogen) atoms. The van der Waals surface area contributed by atoms with E-state index in [-0.39, 0.29) is 12.4 Å². The molecule has 1 atom stereocenters. The third-order valence-electron chi connectivity index (χ3n) is 3.45. The van der Waals surface area contributed by atoms with Gasteiger partial charge in [0.1, 0.15) is 13.8 Å². The van der Waals surface area contributed by atoms with Gasteiger partial charge in [-0.15, -0.1) is 18.0 Å². The molecular formula is C16H24ClN5Si. The van der Waals surface area contributed by atoms with E-state index in [1.807, 2.05) is 25.1 Å². The van der Waals surface area contributed by atoms with Gasteiger partial charge in [-0.1, -0.05) is 31.6 Å². The maximum atomic E-state index is 6.03. The average Bonchev–Trinajstić information content (AvgIpc) is 2.91. The third kappa shape index (κ3) is 4.64. The van der Waals surface area contributed by atoms with Crippen LogP contribution in [0.3, 0.4) is 0 Å². The SMILES string of the molecule is Cl.Cn1ncc(C(C)(CN)c2cccc(C#C[Si](C)(C)C)n2)n1.